The molecule has 0 aliphatic rings. The summed E-state index contributed by atoms with van der Waals surface area (Å²) < 4.78 is 41.5. The zero-order valence-electron chi connectivity index (χ0n) is 12.2. The van der Waals surface area contributed by atoms with Crippen LogP contribution in [0.3, 0.4) is 0 Å². The molecule has 0 saturated heterocycles. The molecule has 116 valence electrons. The largest absolute Gasteiger partial charge is 0.493 e. The fourth-order valence-corrected chi connectivity index (χ4v) is 1.69. The minimum absolute atomic E-state index is 0.00630. The summed E-state index contributed by atoms with van der Waals surface area (Å²) in [6.07, 6.45) is 0. The number of rotatable bonds is 6. The van der Waals surface area contributed by atoms with Crippen LogP contribution < -0.4 is 9.47 Å². The number of hydrogen-bond donors (Lipinski definition) is 0. The molecule has 0 aliphatic heterocycles. The van der Waals surface area contributed by atoms with Crippen LogP contribution in [0, 0.1) is 0 Å². The molecule has 0 unspecified atom stereocenters. The molecule has 0 N–H and O–H groups in total. The standard InChI is InChI=1S/C14H16F2O5/c1-5-21-13(18)11(17)9-6-8(14(2,15)16)7-10(19-3)12(9)20-4/h6-7H,5H2,1-4H3. The number of ketones is 1. The maximum Gasteiger partial charge on any atom is 0.379 e. The molecular weight excluding hydrogens is 286 g/mol. The maximum absolute atomic E-state index is 13.5. The summed E-state index contributed by atoms with van der Waals surface area (Å²) in [7, 11) is 2.48. The van der Waals surface area contributed by atoms with Crippen LogP contribution in [0.15, 0.2) is 12.1 Å². The molecule has 1 aromatic rings. The van der Waals surface area contributed by atoms with Crippen LogP contribution in [0.5, 0.6) is 11.5 Å². The molecule has 0 atom stereocenters. The minimum Gasteiger partial charge on any atom is -0.493 e. The normalized spacial score (nSPS) is 11.0. The minimum atomic E-state index is -3.21. The number of benzene rings is 1. The maximum atomic E-state index is 13.5. The average molecular weight is 302 g/mol. The summed E-state index contributed by atoms with van der Waals surface area (Å²) in [4.78, 5) is 23.5. The van der Waals surface area contributed by atoms with E-state index in [1.807, 2.05) is 0 Å². The number of methoxy groups -OCH3 is 2. The van der Waals surface area contributed by atoms with Crippen LogP contribution in [0.1, 0.15) is 29.8 Å². The van der Waals surface area contributed by atoms with Crippen molar-refractivity contribution in [2.45, 2.75) is 19.8 Å². The molecule has 0 amide bonds. The zero-order chi connectivity index (χ0) is 16.2. The molecule has 7 heteroatoms. The third-order valence-electron chi connectivity index (χ3n) is 2.69. The molecule has 0 saturated carbocycles. The van der Waals surface area contributed by atoms with Gasteiger partial charge in [0.2, 0.25) is 0 Å². The Labute approximate surface area is 120 Å². The van der Waals surface area contributed by atoms with Crippen molar-refractivity contribution in [1.29, 1.82) is 0 Å². The third kappa shape index (κ3) is 3.68. The first-order valence-corrected chi connectivity index (χ1v) is 6.12. The molecular formula is C14H16F2O5. The van der Waals surface area contributed by atoms with Gasteiger partial charge in [0.25, 0.3) is 11.7 Å². The second-order valence-corrected chi connectivity index (χ2v) is 4.20. The van der Waals surface area contributed by atoms with Crippen molar-refractivity contribution in [3.8, 4) is 11.5 Å². The highest BCUT2D eigenvalue weighted by molar-refractivity contribution is 6.41. The topological polar surface area (TPSA) is 61.8 Å². The molecule has 0 bridgehead atoms. The number of carbonyl (C=O) groups excluding carboxylic acids is 2. The highest BCUT2D eigenvalue weighted by Crippen LogP contribution is 2.38. The van der Waals surface area contributed by atoms with Gasteiger partial charge in [0.1, 0.15) is 0 Å². The van der Waals surface area contributed by atoms with Crippen molar-refractivity contribution in [1.82, 2.24) is 0 Å². The van der Waals surface area contributed by atoms with Crippen molar-refractivity contribution in [2.24, 2.45) is 0 Å². The quantitative estimate of drug-likeness (QED) is 0.459. The van der Waals surface area contributed by atoms with Gasteiger partial charge in [-0.05, 0) is 19.1 Å². The van der Waals surface area contributed by atoms with E-state index in [9.17, 15) is 18.4 Å². The summed E-state index contributed by atoms with van der Waals surface area (Å²) in [5, 5.41) is 0. The zero-order valence-corrected chi connectivity index (χ0v) is 12.2. The van der Waals surface area contributed by atoms with Crippen LogP contribution in [0.4, 0.5) is 8.78 Å². The molecule has 0 radical (unpaired) electrons. The van der Waals surface area contributed by atoms with Gasteiger partial charge < -0.3 is 14.2 Å². The van der Waals surface area contributed by atoms with Crippen LogP contribution in [-0.2, 0) is 15.5 Å². The van der Waals surface area contributed by atoms with Crippen molar-refractivity contribution in [3.05, 3.63) is 23.3 Å². The molecule has 0 heterocycles. The molecule has 21 heavy (non-hydrogen) atoms. The van der Waals surface area contributed by atoms with Gasteiger partial charge in [-0.25, -0.2) is 13.6 Å². The molecule has 0 spiro atoms. The average Bonchev–Trinajstić information content (AvgIpc) is 2.44. The van der Waals surface area contributed by atoms with Gasteiger partial charge in [-0.2, -0.15) is 0 Å². The van der Waals surface area contributed by atoms with Gasteiger partial charge in [0, 0.05) is 12.5 Å². The molecule has 1 rings (SSSR count). The highest BCUT2D eigenvalue weighted by Gasteiger charge is 2.31. The number of ether oxygens (including phenoxy) is 3. The lowest BCUT2D eigenvalue weighted by molar-refractivity contribution is -0.137. The second kappa shape index (κ2) is 6.51. The Balaban J connectivity index is 3.47. The van der Waals surface area contributed by atoms with E-state index < -0.39 is 23.2 Å². The molecule has 0 fully saturated rings. The van der Waals surface area contributed by atoms with Crippen molar-refractivity contribution >= 4 is 11.8 Å². The second-order valence-electron chi connectivity index (χ2n) is 4.20. The number of Topliss-reactive ketones (excluding diaryl/α,β-unsaturated/α-hetero) is 1. The van der Waals surface area contributed by atoms with Gasteiger partial charge in [-0.15, -0.1) is 0 Å². The Kier molecular flexibility index (Phi) is 5.23. The predicted octanol–water partition coefficient (Wildman–Crippen LogP) is 2.56. The van der Waals surface area contributed by atoms with Gasteiger partial charge >= 0.3 is 5.97 Å². The summed E-state index contributed by atoms with van der Waals surface area (Å²) in [6, 6.07) is 1.96. The summed E-state index contributed by atoms with van der Waals surface area (Å²) >= 11 is 0. The van der Waals surface area contributed by atoms with E-state index in [4.69, 9.17) is 9.47 Å². The number of hydrogen-bond acceptors (Lipinski definition) is 5. The first-order valence-electron chi connectivity index (χ1n) is 6.12. The highest BCUT2D eigenvalue weighted by atomic mass is 19.3. The lowest BCUT2D eigenvalue weighted by Gasteiger charge is -2.17. The monoisotopic (exact) mass is 302 g/mol. The van der Waals surface area contributed by atoms with Gasteiger partial charge in [0.05, 0.1) is 26.4 Å². The fourth-order valence-electron chi connectivity index (χ4n) is 1.69. The summed E-state index contributed by atoms with van der Waals surface area (Å²) in [5.74, 6) is -5.58. The first kappa shape index (κ1) is 16.9. The van der Waals surface area contributed by atoms with E-state index in [2.05, 4.69) is 4.74 Å². The number of esters is 1. The Morgan fingerprint density at radius 2 is 1.81 bits per heavy atom. The number of carbonyl (C=O) groups is 2. The van der Waals surface area contributed by atoms with Crippen LogP contribution in [0.2, 0.25) is 0 Å². The van der Waals surface area contributed by atoms with Gasteiger partial charge in [0.15, 0.2) is 11.5 Å². The Morgan fingerprint density at radius 3 is 2.24 bits per heavy atom. The van der Waals surface area contributed by atoms with E-state index in [0.717, 1.165) is 12.1 Å². The van der Waals surface area contributed by atoms with Crippen molar-refractivity contribution < 1.29 is 32.6 Å². The molecule has 0 aliphatic carbocycles. The predicted molar refractivity (Wildman–Crippen MR) is 70.1 cm³/mol. The lowest BCUT2D eigenvalue weighted by Crippen LogP contribution is -2.20. The smallest absolute Gasteiger partial charge is 0.379 e. The van der Waals surface area contributed by atoms with Crippen LogP contribution in [0.25, 0.3) is 0 Å². The van der Waals surface area contributed by atoms with Gasteiger partial charge in [-0.3, -0.25) is 4.79 Å². The van der Waals surface area contributed by atoms with E-state index in [1.165, 1.54) is 21.1 Å². The Hall–Kier alpha value is -2.18. The molecule has 0 aromatic heterocycles. The molecule has 1 aromatic carbocycles. The number of halogens is 2. The van der Waals surface area contributed by atoms with Gasteiger partial charge in [-0.1, -0.05) is 0 Å². The summed E-state index contributed by atoms with van der Waals surface area (Å²) in [6.45, 7) is 2.19. The fraction of sp³-hybridized carbons (Fsp3) is 0.429. The third-order valence-corrected chi connectivity index (χ3v) is 2.69. The van der Waals surface area contributed by atoms with Crippen molar-refractivity contribution in [2.75, 3.05) is 20.8 Å². The van der Waals surface area contributed by atoms with E-state index in [0.29, 0.717) is 6.92 Å². The van der Waals surface area contributed by atoms with E-state index >= 15 is 0 Å². The van der Waals surface area contributed by atoms with E-state index in [1.54, 1.807) is 0 Å². The van der Waals surface area contributed by atoms with Crippen LogP contribution in [-0.4, -0.2) is 32.6 Å². The first-order chi connectivity index (χ1) is 9.76. The van der Waals surface area contributed by atoms with E-state index in [-0.39, 0.29) is 23.7 Å². The Bertz CT molecular complexity index is 549. The van der Waals surface area contributed by atoms with Crippen molar-refractivity contribution in [3.63, 3.8) is 0 Å². The van der Waals surface area contributed by atoms with Crippen LogP contribution >= 0.6 is 0 Å². The number of alkyl halides is 2. The Morgan fingerprint density at radius 1 is 1.19 bits per heavy atom. The molecule has 5 nitrogen and oxygen atoms in total. The lowest BCUT2D eigenvalue weighted by atomic mass is 10.0. The SMILES string of the molecule is CCOC(=O)C(=O)c1cc(C(C)(F)F)cc(OC)c1OC. The summed E-state index contributed by atoms with van der Waals surface area (Å²) in [5.41, 5.74) is -0.792.